The fourth-order valence-electron chi connectivity index (χ4n) is 3.45. The van der Waals surface area contributed by atoms with Gasteiger partial charge in [0.25, 0.3) is 0 Å². The highest BCUT2D eigenvalue weighted by Gasteiger charge is 2.34. The summed E-state index contributed by atoms with van der Waals surface area (Å²) in [4.78, 5) is 17.7. The van der Waals surface area contributed by atoms with Crippen molar-refractivity contribution in [3.8, 4) is 11.3 Å². The molecule has 138 valence electrons. The lowest BCUT2D eigenvalue weighted by atomic mass is 9.95. The number of aryl methyl sites for hydroxylation is 1. The van der Waals surface area contributed by atoms with Crippen LogP contribution in [0.5, 0.6) is 0 Å². The van der Waals surface area contributed by atoms with Crippen molar-refractivity contribution in [1.82, 2.24) is 9.55 Å². The topological polar surface area (TPSA) is 81.1 Å². The van der Waals surface area contributed by atoms with Gasteiger partial charge in [-0.1, -0.05) is 48.5 Å². The second-order valence-corrected chi connectivity index (χ2v) is 8.68. The molecule has 1 unspecified atom stereocenters. The van der Waals surface area contributed by atoms with Crippen molar-refractivity contribution in [2.45, 2.75) is 17.2 Å². The number of fused-ring (bicyclic) bond motifs is 1. The molecule has 0 radical (unpaired) electrons. The highest BCUT2D eigenvalue weighted by Crippen LogP contribution is 2.35. The summed E-state index contributed by atoms with van der Waals surface area (Å²) in [6.07, 6.45) is 1.92. The third kappa shape index (κ3) is 3.14. The van der Waals surface area contributed by atoms with Crippen molar-refractivity contribution in [1.29, 1.82) is 0 Å². The summed E-state index contributed by atoms with van der Waals surface area (Å²) in [6.45, 7) is 0. The van der Waals surface area contributed by atoms with Gasteiger partial charge in [0.05, 0.1) is 22.9 Å². The molecule has 1 atom stereocenters. The maximum absolute atomic E-state index is 13.0. The Morgan fingerprint density at radius 3 is 2.59 bits per heavy atom. The lowest BCUT2D eigenvalue weighted by Crippen LogP contribution is -2.29. The molecular formula is C20H19N3O3S. The molecular weight excluding hydrogens is 362 g/mol. The van der Waals surface area contributed by atoms with E-state index in [-0.39, 0.29) is 23.0 Å². The van der Waals surface area contributed by atoms with Crippen LogP contribution in [0.4, 0.5) is 5.82 Å². The Labute approximate surface area is 157 Å². The number of nitrogens with one attached hydrogen (secondary N) is 1. The Hall–Kier alpha value is -2.93. The largest absolute Gasteiger partial charge is 0.320 e. The van der Waals surface area contributed by atoms with Gasteiger partial charge in [0.2, 0.25) is 5.91 Å². The molecule has 1 amide bonds. The molecule has 2 aromatic carbocycles. The second-order valence-electron chi connectivity index (χ2n) is 6.61. The maximum Gasteiger partial charge on any atom is 0.233 e. The molecule has 27 heavy (non-hydrogen) atoms. The SMILES string of the molecule is Cn1cnc(-c2ccccc2)c1NC(=O)C1CCS(=O)(=O)c2ccccc21. The fraction of sp³-hybridized carbons (Fsp3) is 0.200. The molecule has 0 bridgehead atoms. The number of hydrogen-bond acceptors (Lipinski definition) is 4. The van der Waals surface area contributed by atoms with E-state index in [1.165, 1.54) is 0 Å². The number of imidazole rings is 1. The third-order valence-electron chi connectivity index (χ3n) is 4.85. The number of hydrogen-bond donors (Lipinski definition) is 1. The summed E-state index contributed by atoms with van der Waals surface area (Å²) in [7, 11) is -1.51. The zero-order valence-electron chi connectivity index (χ0n) is 14.8. The molecule has 0 aliphatic carbocycles. The van der Waals surface area contributed by atoms with Crippen LogP contribution in [0.1, 0.15) is 17.9 Å². The fourth-order valence-corrected chi connectivity index (χ4v) is 5.07. The summed E-state index contributed by atoms with van der Waals surface area (Å²) < 4.78 is 26.4. The van der Waals surface area contributed by atoms with Crippen LogP contribution in [0.25, 0.3) is 11.3 Å². The minimum Gasteiger partial charge on any atom is -0.320 e. The second kappa shape index (κ2) is 6.66. The van der Waals surface area contributed by atoms with Crippen molar-refractivity contribution in [3.63, 3.8) is 0 Å². The van der Waals surface area contributed by atoms with Crippen LogP contribution < -0.4 is 5.32 Å². The molecule has 1 aromatic heterocycles. The van der Waals surface area contributed by atoms with Gasteiger partial charge in [-0.3, -0.25) is 4.79 Å². The number of aromatic nitrogens is 2. The number of nitrogens with zero attached hydrogens (tertiary/aromatic N) is 2. The molecule has 4 rings (SSSR count). The van der Waals surface area contributed by atoms with E-state index in [0.29, 0.717) is 17.1 Å². The summed E-state index contributed by atoms with van der Waals surface area (Å²) in [5.41, 5.74) is 2.15. The highest BCUT2D eigenvalue weighted by atomic mass is 32.2. The quantitative estimate of drug-likeness (QED) is 0.756. The highest BCUT2D eigenvalue weighted by molar-refractivity contribution is 7.91. The summed E-state index contributed by atoms with van der Waals surface area (Å²) in [5.74, 6) is -0.169. The van der Waals surface area contributed by atoms with E-state index in [2.05, 4.69) is 10.3 Å². The Morgan fingerprint density at radius 1 is 1.11 bits per heavy atom. The van der Waals surface area contributed by atoms with E-state index < -0.39 is 15.8 Å². The minimum atomic E-state index is -3.33. The normalized spacial score (nSPS) is 17.9. The average Bonchev–Trinajstić information content (AvgIpc) is 3.03. The first-order chi connectivity index (χ1) is 13.0. The Bertz CT molecular complexity index is 1100. The number of benzene rings is 2. The van der Waals surface area contributed by atoms with E-state index in [0.717, 1.165) is 5.56 Å². The molecule has 0 saturated carbocycles. The van der Waals surface area contributed by atoms with E-state index in [1.54, 1.807) is 35.2 Å². The first-order valence-electron chi connectivity index (χ1n) is 8.66. The lowest BCUT2D eigenvalue weighted by Gasteiger charge is -2.24. The van der Waals surface area contributed by atoms with Gasteiger partial charge in [-0.25, -0.2) is 13.4 Å². The first kappa shape index (κ1) is 17.5. The molecule has 6 nitrogen and oxygen atoms in total. The van der Waals surface area contributed by atoms with Crippen LogP contribution in [0.2, 0.25) is 0 Å². The van der Waals surface area contributed by atoms with E-state index in [9.17, 15) is 13.2 Å². The van der Waals surface area contributed by atoms with Gasteiger partial charge >= 0.3 is 0 Å². The smallest absolute Gasteiger partial charge is 0.233 e. The zero-order chi connectivity index (χ0) is 19.0. The van der Waals surface area contributed by atoms with Gasteiger partial charge in [-0.2, -0.15) is 0 Å². The number of carbonyl (C=O) groups is 1. The Kier molecular flexibility index (Phi) is 4.31. The number of anilines is 1. The van der Waals surface area contributed by atoms with Crippen molar-refractivity contribution in [2.75, 3.05) is 11.1 Å². The van der Waals surface area contributed by atoms with Gasteiger partial charge in [-0.15, -0.1) is 0 Å². The number of sulfone groups is 1. The number of carbonyl (C=O) groups excluding carboxylic acids is 1. The van der Waals surface area contributed by atoms with E-state index in [1.807, 2.05) is 37.4 Å². The van der Waals surface area contributed by atoms with Crippen molar-refractivity contribution in [3.05, 3.63) is 66.5 Å². The predicted molar refractivity (Wildman–Crippen MR) is 103 cm³/mol. The maximum atomic E-state index is 13.0. The molecule has 2 heterocycles. The molecule has 1 N–H and O–H groups in total. The number of rotatable bonds is 3. The van der Waals surface area contributed by atoms with Crippen LogP contribution in [-0.2, 0) is 21.7 Å². The molecule has 1 aliphatic rings. The molecule has 1 aliphatic heterocycles. The standard InChI is InChI=1S/C20H19N3O3S/c1-23-13-21-18(14-7-3-2-4-8-14)19(23)22-20(24)16-11-12-27(25,26)17-10-6-5-9-15(16)17/h2-10,13,16H,11-12H2,1H3,(H,22,24). The van der Waals surface area contributed by atoms with Gasteiger partial charge < -0.3 is 9.88 Å². The summed E-state index contributed by atoms with van der Waals surface area (Å²) in [6, 6.07) is 16.4. The van der Waals surface area contributed by atoms with Crippen LogP contribution >= 0.6 is 0 Å². The predicted octanol–water partition coefficient (Wildman–Crippen LogP) is 2.99. The average molecular weight is 381 g/mol. The van der Waals surface area contributed by atoms with Gasteiger partial charge in [0.15, 0.2) is 9.84 Å². The van der Waals surface area contributed by atoms with Gasteiger partial charge in [0, 0.05) is 12.6 Å². The van der Waals surface area contributed by atoms with Crippen LogP contribution in [-0.4, -0.2) is 29.6 Å². The van der Waals surface area contributed by atoms with Crippen LogP contribution in [0.15, 0.2) is 65.8 Å². The van der Waals surface area contributed by atoms with E-state index in [4.69, 9.17) is 0 Å². The minimum absolute atomic E-state index is 0.0287. The van der Waals surface area contributed by atoms with Gasteiger partial charge in [-0.05, 0) is 18.1 Å². The lowest BCUT2D eigenvalue weighted by molar-refractivity contribution is -0.117. The first-order valence-corrected chi connectivity index (χ1v) is 10.3. The Morgan fingerprint density at radius 2 is 1.81 bits per heavy atom. The summed E-state index contributed by atoms with van der Waals surface area (Å²) >= 11 is 0. The van der Waals surface area contributed by atoms with Crippen molar-refractivity contribution >= 4 is 21.6 Å². The number of amides is 1. The van der Waals surface area contributed by atoms with Crippen LogP contribution in [0.3, 0.4) is 0 Å². The third-order valence-corrected chi connectivity index (χ3v) is 6.66. The summed E-state index contributed by atoms with van der Waals surface area (Å²) in [5, 5.41) is 2.96. The van der Waals surface area contributed by atoms with E-state index >= 15 is 0 Å². The zero-order valence-corrected chi connectivity index (χ0v) is 15.6. The van der Waals surface area contributed by atoms with Crippen molar-refractivity contribution < 1.29 is 13.2 Å². The molecule has 0 saturated heterocycles. The molecule has 3 aromatic rings. The molecule has 0 spiro atoms. The molecule has 0 fully saturated rings. The monoisotopic (exact) mass is 381 g/mol. The van der Waals surface area contributed by atoms with Gasteiger partial charge in [0.1, 0.15) is 11.5 Å². The Balaban J connectivity index is 1.68. The molecule has 7 heteroatoms. The van der Waals surface area contributed by atoms with Crippen LogP contribution in [0, 0.1) is 0 Å². The van der Waals surface area contributed by atoms with Crippen molar-refractivity contribution in [2.24, 2.45) is 7.05 Å².